The minimum atomic E-state index is 0.0916. The maximum Gasteiger partial charge on any atom is 0.170 e. The minimum absolute atomic E-state index is 0.0916. The smallest absolute Gasteiger partial charge is 0.170 e. The Morgan fingerprint density at radius 2 is 2.20 bits per heavy atom. The van der Waals surface area contributed by atoms with Crippen molar-refractivity contribution in [2.45, 2.75) is 25.4 Å². The molecule has 0 unspecified atom stereocenters. The summed E-state index contributed by atoms with van der Waals surface area (Å²) in [5.74, 6) is 0. The molecule has 2 aromatic rings. The maximum absolute atomic E-state index is 5.51. The SMILES string of the molecule is CCCN1C(=S)N[C@H](c2ccccn2)[C@H]1c1ccc[nH]1. The molecule has 0 aliphatic carbocycles. The lowest BCUT2D eigenvalue weighted by molar-refractivity contribution is 0.312. The van der Waals surface area contributed by atoms with Gasteiger partial charge in [0.25, 0.3) is 0 Å². The average Bonchev–Trinajstić information content (AvgIpc) is 3.09. The molecule has 3 rings (SSSR count). The summed E-state index contributed by atoms with van der Waals surface area (Å²) in [6.45, 7) is 3.11. The molecule has 104 valence electrons. The Morgan fingerprint density at radius 3 is 2.85 bits per heavy atom. The Morgan fingerprint density at radius 1 is 1.30 bits per heavy atom. The van der Waals surface area contributed by atoms with Crippen LogP contribution < -0.4 is 5.32 Å². The van der Waals surface area contributed by atoms with Crippen LogP contribution in [0.25, 0.3) is 0 Å². The summed E-state index contributed by atoms with van der Waals surface area (Å²) >= 11 is 5.51. The van der Waals surface area contributed by atoms with Crippen LogP contribution in [0.3, 0.4) is 0 Å². The van der Waals surface area contributed by atoms with E-state index in [1.807, 2.05) is 36.7 Å². The van der Waals surface area contributed by atoms with E-state index in [1.54, 1.807) is 0 Å². The van der Waals surface area contributed by atoms with Crippen LogP contribution in [0, 0.1) is 0 Å². The molecular formula is C15H18N4S. The molecule has 0 spiro atoms. The third-order valence-electron chi connectivity index (χ3n) is 3.60. The van der Waals surface area contributed by atoms with Crippen LogP contribution in [-0.4, -0.2) is 26.5 Å². The molecule has 4 nitrogen and oxygen atoms in total. The molecule has 2 atom stereocenters. The zero-order valence-electron chi connectivity index (χ0n) is 11.4. The monoisotopic (exact) mass is 286 g/mol. The molecule has 1 aliphatic rings. The van der Waals surface area contributed by atoms with Gasteiger partial charge in [-0.1, -0.05) is 13.0 Å². The highest BCUT2D eigenvalue weighted by Crippen LogP contribution is 2.37. The second-order valence-corrected chi connectivity index (χ2v) is 5.33. The molecule has 0 amide bonds. The summed E-state index contributed by atoms with van der Waals surface area (Å²) in [4.78, 5) is 10.1. The van der Waals surface area contributed by atoms with Crippen LogP contribution in [0.2, 0.25) is 0 Å². The van der Waals surface area contributed by atoms with E-state index in [-0.39, 0.29) is 12.1 Å². The van der Waals surface area contributed by atoms with Crippen LogP contribution in [0.5, 0.6) is 0 Å². The maximum atomic E-state index is 5.51. The number of thiocarbonyl (C=S) groups is 1. The summed E-state index contributed by atoms with van der Waals surface area (Å²) in [7, 11) is 0. The summed E-state index contributed by atoms with van der Waals surface area (Å²) in [5.41, 5.74) is 2.19. The third kappa shape index (κ3) is 2.29. The van der Waals surface area contributed by atoms with Crippen molar-refractivity contribution in [2.24, 2.45) is 0 Å². The van der Waals surface area contributed by atoms with Crippen molar-refractivity contribution in [3.8, 4) is 0 Å². The van der Waals surface area contributed by atoms with Crippen LogP contribution in [0.4, 0.5) is 0 Å². The highest BCUT2D eigenvalue weighted by molar-refractivity contribution is 7.80. The predicted molar refractivity (Wildman–Crippen MR) is 83.2 cm³/mol. The fourth-order valence-corrected chi connectivity index (χ4v) is 3.09. The lowest BCUT2D eigenvalue weighted by atomic mass is 10.0. The first-order chi connectivity index (χ1) is 9.81. The van der Waals surface area contributed by atoms with E-state index in [4.69, 9.17) is 12.2 Å². The number of aromatic nitrogens is 2. The van der Waals surface area contributed by atoms with Gasteiger partial charge in [0.05, 0.1) is 17.8 Å². The molecule has 0 bridgehead atoms. The number of aromatic amines is 1. The normalized spacial score (nSPS) is 22.1. The summed E-state index contributed by atoms with van der Waals surface area (Å²) in [5, 5.41) is 4.23. The Bertz CT molecular complexity index is 567. The fourth-order valence-electron chi connectivity index (χ4n) is 2.75. The second kappa shape index (κ2) is 5.63. The molecule has 1 fully saturated rings. The van der Waals surface area contributed by atoms with Gasteiger partial charge >= 0.3 is 0 Å². The number of hydrogen-bond acceptors (Lipinski definition) is 2. The molecule has 2 N–H and O–H groups in total. The van der Waals surface area contributed by atoms with Gasteiger partial charge in [-0.05, 0) is 42.9 Å². The zero-order valence-corrected chi connectivity index (χ0v) is 12.2. The van der Waals surface area contributed by atoms with E-state index in [0.29, 0.717) is 0 Å². The van der Waals surface area contributed by atoms with Crippen molar-refractivity contribution in [2.75, 3.05) is 6.54 Å². The summed E-state index contributed by atoms with van der Waals surface area (Å²) in [6.07, 6.45) is 4.85. The van der Waals surface area contributed by atoms with Crippen LogP contribution >= 0.6 is 12.2 Å². The van der Waals surface area contributed by atoms with Gasteiger partial charge in [-0.3, -0.25) is 4.98 Å². The van der Waals surface area contributed by atoms with Gasteiger partial charge in [0, 0.05) is 24.6 Å². The molecule has 2 aromatic heterocycles. The number of nitrogens with zero attached hydrogens (tertiary/aromatic N) is 2. The topological polar surface area (TPSA) is 44.0 Å². The Kier molecular flexibility index (Phi) is 3.69. The lowest BCUT2D eigenvalue weighted by Gasteiger charge is -2.26. The standard InChI is InChI=1S/C15H18N4S/c1-2-10-19-14(12-7-5-9-17-12)13(18-15(19)20)11-6-3-4-8-16-11/h3-9,13-14,17H,2,10H2,1H3,(H,18,20)/t13-,14-/m1/s1. The van der Waals surface area contributed by atoms with Crippen molar-refractivity contribution in [3.63, 3.8) is 0 Å². The highest BCUT2D eigenvalue weighted by Gasteiger charge is 2.39. The molecular weight excluding hydrogens is 268 g/mol. The Labute approximate surface area is 124 Å². The van der Waals surface area contributed by atoms with Crippen molar-refractivity contribution in [3.05, 3.63) is 54.1 Å². The molecule has 1 aliphatic heterocycles. The number of H-pyrrole nitrogens is 1. The summed E-state index contributed by atoms with van der Waals surface area (Å²) in [6, 6.07) is 10.4. The fraction of sp³-hybridized carbons (Fsp3) is 0.333. The van der Waals surface area contributed by atoms with E-state index in [2.05, 4.69) is 33.2 Å². The third-order valence-corrected chi connectivity index (χ3v) is 3.96. The molecule has 3 heterocycles. The van der Waals surface area contributed by atoms with Crippen molar-refractivity contribution >= 4 is 17.3 Å². The Balaban J connectivity index is 1.99. The van der Waals surface area contributed by atoms with Crippen molar-refractivity contribution in [1.82, 2.24) is 20.2 Å². The largest absolute Gasteiger partial charge is 0.363 e. The van der Waals surface area contributed by atoms with Crippen LogP contribution in [-0.2, 0) is 0 Å². The summed E-state index contributed by atoms with van der Waals surface area (Å²) < 4.78 is 0. The van der Waals surface area contributed by atoms with Gasteiger partial charge in [0.15, 0.2) is 5.11 Å². The van der Waals surface area contributed by atoms with Gasteiger partial charge in [0.1, 0.15) is 0 Å². The van der Waals surface area contributed by atoms with E-state index >= 15 is 0 Å². The first-order valence-electron chi connectivity index (χ1n) is 6.92. The van der Waals surface area contributed by atoms with E-state index in [0.717, 1.165) is 23.8 Å². The van der Waals surface area contributed by atoms with Crippen molar-refractivity contribution in [1.29, 1.82) is 0 Å². The van der Waals surface area contributed by atoms with Crippen LogP contribution in [0.15, 0.2) is 42.7 Å². The molecule has 0 saturated carbocycles. The van der Waals surface area contributed by atoms with E-state index in [9.17, 15) is 0 Å². The van der Waals surface area contributed by atoms with Gasteiger partial charge in [-0.15, -0.1) is 0 Å². The molecule has 1 saturated heterocycles. The van der Waals surface area contributed by atoms with Gasteiger partial charge in [0.2, 0.25) is 0 Å². The predicted octanol–water partition coefficient (Wildman–Crippen LogP) is 2.79. The molecule has 20 heavy (non-hydrogen) atoms. The molecule has 0 radical (unpaired) electrons. The van der Waals surface area contributed by atoms with Crippen molar-refractivity contribution < 1.29 is 0 Å². The first kappa shape index (κ1) is 13.1. The Hall–Kier alpha value is -1.88. The number of rotatable bonds is 4. The van der Waals surface area contributed by atoms with Crippen LogP contribution in [0.1, 0.15) is 36.8 Å². The second-order valence-electron chi connectivity index (χ2n) is 4.95. The highest BCUT2D eigenvalue weighted by atomic mass is 32.1. The average molecular weight is 286 g/mol. The minimum Gasteiger partial charge on any atom is -0.363 e. The lowest BCUT2D eigenvalue weighted by Crippen LogP contribution is -2.30. The quantitative estimate of drug-likeness (QED) is 0.848. The van der Waals surface area contributed by atoms with Gasteiger partial charge in [-0.25, -0.2) is 0 Å². The zero-order chi connectivity index (χ0) is 13.9. The number of pyridine rings is 1. The van der Waals surface area contributed by atoms with Gasteiger partial charge < -0.3 is 15.2 Å². The number of hydrogen-bond donors (Lipinski definition) is 2. The van der Waals surface area contributed by atoms with Gasteiger partial charge in [-0.2, -0.15) is 0 Å². The molecule has 0 aromatic carbocycles. The van der Waals surface area contributed by atoms with E-state index in [1.165, 1.54) is 5.69 Å². The van der Waals surface area contributed by atoms with E-state index < -0.39 is 0 Å². The molecule has 5 heteroatoms. The number of nitrogens with one attached hydrogen (secondary N) is 2. The first-order valence-corrected chi connectivity index (χ1v) is 7.33.